The molecule has 2 rings (SSSR count). The molecule has 1 saturated heterocycles. The van der Waals surface area contributed by atoms with Crippen LogP contribution in [0.1, 0.15) is 31.4 Å². The molecule has 20 heavy (non-hydrogen) atoms. The maximum atomic E-state index is 6.48. The van der Waals surface area contributed by atoms with Gasteiger partial charge in [0.2, 0.25) is 0 Å². The Morgan fingerprint density at radius 2 is 1.95 bits per heavy atom. The number of anilines is 1. The van der Waals surface area contributed by atoms with Crippen molar-refractivity contribution >= 4 is 17.3 Å². The molecule has 0 saturated carbocycles. The van der Waals surface area contributed by atoms with Gasteiger partial charge in [0.05, 0.1) is 10.7 Å². The van der Waals surface area contributed by atoms with Crippen LogP contribution in [-0.4, -0.2) is 45.2 Å². The van der Waals surface area contributed by atoms with E-state index >= 15 is 0 Å². The summed E-state index contributed by atoms with van der Waals surface area (Å²) in [6.07, 6.45) is 2.41. The Kier molecular flexibility index (Phi) is 5.30. The highest BCUT2D eigenvalue weighted by Crippen LogP contribution is 2.31. The molecule has 1 aliphatic heterocycles. The van der Waals surface area contributed by atoms with Gasteiger partial charge in [0, 0.05) is 25.2 Å². The van der Waals surface area contributed by atoms with Crippen LogP contribution in [0.2, 0.25) is 5.02 Å². The number of benzene rings is 1. The summed E-state index contributed by atoms with van der Waals surface area (Å²) in [7, 11) is 6.31. The lowest BCUT2D eigenvalue weighted by atomic mass is 10.0. The van der Waals surface area contributed by atoms with E-state index in [4.69, 9.17) is 11.6 Å². The zero-order chi connectivity index (χ0) is 14.7. The number of piperidine rings is 1. The molecular weight excluding hydrogens is 270 g/mol. The monoisotopic (exact) mass is 295 g/mol. The van der Waals surface area contributed by atoms with Crippen molar-refractivity contribution < 1.29 is 0 Å². The Balaban J connectivity index is 2.07. The van der Waals surface area contributed by atoms with Crippen molar-refractivity contribution in [1.82, 2.24) is 10.2 Å². The fourth-order valence-electron chi connectivity index (χ4n) is 2.84. The Labute approximate surface area is 127 Å². The molecule has 0 aliphatic carbocycles. The second kappa shape index (κ2) is 6.79. The van der Waals surface area contributed by atoms with Gasteiger partial charge in [0.15, 0.2) is 0 Å². The molecule has 1 aliphatic rings. The lowest BCUT2D eigenvalue weighted by molar-refractivity contribution is 0.249. The highest BCUT2D eigenvalue weighted by molar-refractivity contribution is 6.33. The Morgan fingerprint density at radius 1 is 1.30 bits per heavy atom. The molecule has 0 bridgehead atoms. The lowest BCUT2D eigenvalue weighted by Crippen LogP contribution is -2.42. The van der Waals surface area contributed by atoms with Crippen LogP contribution in [0.5, 0.6) is 0 Å². The topological polar surface area (TPSA) is 18.5 Å². The molecule has 0 radical (unpaired) electrons. The van der Waals surface area contributed by atoms with E-state index in [2.05, 4.69) is 54.3 Å². The van der Waals surface area contributed by atoms with Gasteiger partial charge in [-0.05, 0) is 58.6 Å². The molecule has 1 N–H and O–H groups in total. The summed E-state index contributed by atoms with van der Waals surface area (Å²) >= 11 is 6.48. The van der Waals surface area contributed by atoms with Crippen molar-refractivity contribution in [3.63, 3.8) is 0 Å². The average molecular weight is 296 g/mol. The van der Waals surface area contributed by atoms with Gasteiger partial charge in [0.25, 0.3) is 0 Å². The van der Waals surface area contributed by atoms with Gasteiger partial charge in [-0.3, -0.25) is 0 Å². The van der Waals surface area contributed by atoms with E-state index in [-0.39, 0.29) is 0 Å². The van der Waals surface area contributed by atoms with Gasteiger partial charge in [-0.15, -0.1) is 0 Å². The van der Waals surface area contributed by atoms with Gasteiger partial charge < -0.3 is 15.1 Å². The lowest BCUT2D eigenvalue weighted by Gasteiger charge is -2.37. The predicted molar refractivity (Wildman–Crippen MR) is 87.8 cm³/mol. The highest BCUT2D eigenvalue weighted by atomic mass is 35.5. The van der Waals surface area contributed by atoms with E-state index in [0.717, 1.165) is 18.1 Å². The van der Waals surface area contributed by atoms with Gasteiger partial charge in [-0.25, -0.2) is 0 Å². The van der Waals surface area contributed by atoms with Crippen molar-refractivity contribution in [1.29, 1.82) is 0 Å². The second-order valence-electron chi connectivity index (χ2n) is 5.90. The van der Waals surface area contributed by atoms with Crippen LogP contribution in [0, 0.1) is 0 Å². The van der Waals surface area contributed by atoms with Gasteiger partial charge >= 0.3 is 0 Å². The summed E-state index contributed by atoms with van der Waals surface area (Å²) < 4.78 is 0. The van der Waals surface area contributed by atoms with E-state index in [1.165, 1.54) is 24.1 Å². The first kappa shape index (κ1) is 15.6. The summed E-state index contributed by atoms with van der Waals surface area (Å²) in [5.74, 6) is 0. The zero-order valence-electron chi connectivity index (χ0n) is 13.0. The molecular formula is C16H26ClN3. The van der Waals surface area contributed by atoms with Crippen LogP contribution in [0.25, 0.3) is 0 Å². The molecule has 1 unspecified atom stereocenters. The maximum Gasteiger partial charge on any atom is 0.0642 e. The number of halogens is 1. The highest BCUT2D eigenvalue weighted by Gasteiger charge is 2.22. The minimum atomic E-state index is 0.334. The average Bonchev–Trinajstić information content (AvgIpc) is 2.46. The van der Waals surface area contributed by atoms with Crippen LogP contribution in [-0.2, 0) is 0 Å². The summed E-state index contributed by atoms with van der Waals surface area (Å²) in [5.41, 5.74) is 2.42. The van der Waals surface area contributed by atoms with Crippen molar-refractivity contribution in [3.05, 3.63) is 28.8 Å². The molecule has 1 atom stereocenters. The van der Waals surface area contributed by atoms with Gasteiger partial charge in [-0.2, -0.15) is 0 Å². The van der Waals surface area contributed by atoms with Gasteiger partial charge in [-0.1, -0.05) is 17.7 Å². The number of nitrogens with zero attached hydrogens (tertiary/aromatic N) is 2. The first-order valence-electron chi connectivity index (χ1n) is 7.41. The minimum Gasteiger partial charge on any atom is -0.370 e. The van der Waals surface area contributed by atoms with Crippen LogP contribution in [0.15, 0.2) is 18.2 Å². The third-order valence-electron chi connectivity index (χ3n) is 4.44. The number of nitrogens with one attached hydrogen (secondary N) is 1. The molecule has 0 spiro atoms. The molecule has 112 valence electrons. The Bertz CT molecular complexity index is 439. The van der Waals surface area contributed by atoms with E-state index in [1.807, 2.05) is 7.05 Å². The first-order chi connectivity index (χ1) is 9.52. The molecule has 1 aromatic carbocycles. The summed E-state index contributed by atoms with van der Waals surface area (Å²) in [6.45, 7) is 4.32. The quantitative estimate of drug-likeness (QED) is 0.920. The van der Waals surface area contributed by atoms with Crippen molar-refractivity contribution in [2.45, 2.75) is 31.8 Å². The third kappa shape index (κ3) is 3.46. The second-order valence-corrected chi connectivity index (χ2v) is 6.31. The number of rotatable bonds is 4. The van der Waals surface area contributed by atoms with Gasteiger partial charge in [0.1, 0.15) is 0 Å². The van der Waals surface area contributed by atoms with Crippen molar-refractivity contribution in [3.8, 4) is 0 Å². The summed E-state index contributed by atoms with van der Waals surface area (Å²) in [4.78, 5) is 4.74. The van der Waals surface area contributed by atoms with Crippen molar-refractivity contribution in [2.24, 2.45) is 0 Å². The van der Waals surface area contributed by atoms with Crippen LogP contribution >= 0.6 is 11.6 Å². The fourth-order valence-corrected chi connectivity index (χ4v) is 3.15. The molecule has 1 aromatic rings. The molecule has 1 heterocycles. The standard InChI is InChI=1S/C16H26ClN3/c1-12(18-2)13-5-6-16(15(17)11-13)20-9-7-14(8-10-20)19(3)4/h5-6,11-12,14,18H,7-10H2,1-4H3. The van der Waals surface area contributed by atoms with Crippen LogP contribution < -0.4 is 10.2 Å². The molecule has 4 heteroatoms. The normalized spacial score (nSPS) is 18.6. The Morgan fingerprint density at radius 3 is 2.45 bits per heavy atom. The van der Waals surface area contributed by atoms with E-state index in [9.17, 15) is 0 Å². The summed E-state index contributed by atoms with van der Waals surface area (Å²) in [6, 6.07) is 7.48. The Hall–Kier alpha value is -0.770. The molecule has 1 fully saturated rings. The van der Waals surface area contributed by atoms with E-state index in [1.54, 1.807) is 0 Å². The fraction of sp³-hybridized carbons (Fsp3) is 0.625. The largest absolute Gasteiger partial charge is 0.370 e. The molecule has 0 aromatic heterocycles. The predicted octanol–water partition coefficient (Wildman–Crippen LogP) is 3.15. The van der Waals surface area contributed by atoms with Crippen LogP contribution in [0.4, 0.5) is 5.69 Å². The number of hydrogen-bond donors (Lipinski definition) is 1. The molecule has 0 amide bonds. The van der Waals surface area contributed by atoms with Crippen molar-refractivity contribution in [2.75, 3.05) is 39.1 Å². The smallest absolute Gasteiger partial charge is 0.0642 e. The SMILES string of the molecule is CNC(C)c1ccc(N2CCC(N(C)C)CC2)c(Cl)c1. The van der Waals surface area contributed by atoms with E-state index in [0.29, 0.717) is 12.1 Å². The molecule has 3 nitrogen and oxygen atoms in total. The summed E-state index contributed by atoms with van der Waals surface area (Å²) in [5, 5.41) is 4.12. The first-order valence-corrected chi connectivity index (χ1v) is 7.78. The maximum absolute atomic E-state index is 6.48. The minimum absolute atomic E-state index is 0.334. The van der Waals surface area contributed by atoms with E-state index < -0.39 is 0 Å². The van der Waals surface area contributed by atoms with Crippen LogP contribution in [0.3, 0.4) is 0 Å². The third-order valence-corrected chi connectivity index (χ3v) is 4.74. The number of hydrogen-bond acceptors (Lipinski definition) is 3. The zero-order valence-corrected chi connectivity index (χ0v) is 13.7.